The van der Waals surface area contributed by atoms with Crippen molar-refractivity contribution in [3.8, 4) is 17.0 Å². The predicted octanol–water partition coefficient (Wildman–Crippen LogP) is 4.64. The lowest BCUT2D eigenvalue weighted by molar-refractivity contribution is 0.0697. The molecule has 3 rings (SSSR count). The normalized spacial score (nSPS) is 11.7. The lowest BCUT2D eigenvalue weighted by Gasteiger charge is -2.08. The summed E-state index contributed by atoms with van der Waals surface area (Å²) >= 11 is 4.90. The molecular formula is C18H15BrN2O3S. The minimum Gasteiger partial charge on any atom is -0.507 e. The first-order valence-electron chi connectivity index (χ1n) is 7.55. The molecule has 0 fully saturated rings. The van der Waals surface area contributed by atoms with Crippen LogP contribution in [-0.2, 0) is 6.54 Å². The summed E-state index contributed by atoms with van der Waals surface area (Å²) in [5, 5.41) is 21.1. The Balaban J connectivity index is 2.08. The number of phenols is 1. The van der Waals surface area contributed by atoms with Gasteiger partial charge in [0.25, 0.3) is 0 Å². The van der Waals surface area contributed by atoms with Crippen molar-refractivity contribution in [2.45, 2.75) is 13.5 Å². The fourth-order valence-corrected chi connectivity index (χ4v) is 3.79. The molecule has 2 N–H and O–H groups in total. The van der Waals surface area contributed by atoms with E-state index in [1.807, 2.05) is 22.9 Å². The van der Waals surface area contributed by atoms with E-state index < -0.39 is 5.97 Å². The number of aromatic carboxylic acids is 1. The number of halogens is 1. The molecule has 0 bridgehead atoms. The molecule has 25 heavy (non-hydrogen) atoms. The summed E-state index contributed by atoms with van der Waals surface area (Å²) in [6, 6.07) is 11.7. The molecular weight excluding hydrogens is 404 g/mol. The van der Waals surface area contributed by atoms with Crippen LogP contribution in [-0.4, -0.2) is 20.7 Å². The van der Waals surface area contributed by atoms with Gasteiger partial charge in [-0.15, -0.1) is 11.3 Å². The van der Waals surface area contributed by atoms with Crippen molar-refractivity contribution in [1.29, 1.82) is 0 Å². The Bertz CT molecular complexity index is 990. The average Bonchev–Trinajstić information content (AvgIpc) is 3.00. The second-order valence-electron chi connectivity index (χ2n) is 5.27. The van der Waals surface area contributed by atoms with Crippen molar-refractivity contribution in [3.05, 3.63) is 62.7 Å². The summed E-state index contributed by atoms with van der Waals surface area (Å²) in [7, 11) is 0. The van der Waals surface area contributed by atoms with Gasteiger partial charge >= 0.3 is 5.97 Å². The highest BCUT2D eigenvalue weighted by atomic mass is 79.9. The number of carboxylic acid groups (broad SMARTS) is 1. The molecule has 128 valence electrons. The van der Waals surface area contributed by atoms with E-state index in [0.29, 0.717) is 12.2 Å². The molecule has 5 nitrogen and oxygen atoms in total. The molecule has 0 atom stereocenters. The van der Waals surface area contributed by atoms with Gasteiger partial charge in [-0.25, -0.2) is 9.79 Å². The van der Waals surface area contributed by atoms with Gasteiger partial charge in [-0.3, -0.25) is 0 Å². The maximum atomic E-state index is 10.9. The number of carboxylic acids is 1. The van der Waals surface area contributed by atoms with E-state index in [9.17, 15) is 9.90 Å². The molecule has 0 aliphatic rings. The van der Waals surface area contributed by atoms with E-state index in [1.165, 1.54) is 23.5 Å². The third kappa shape index (κ3) is 3.67. The maximum absolute atomic E-state index is 10.9. The molecule has 0 amide bonds. The van der Waals surface area contributed by atoms with E-state index in [2.05, 4.69) is 20.9 Å². The van der Waals surface area contributed by atoms with Gasteiger partial charge in [-0.05, 0) is 49.4 Å². The van der Waals surface area contributed by atoms with Crippen molar-refractivity contribution in [3.63, 3.8) is 0 Å². The number of thiazole rings is 1. The number of carbonyl (C=O) groups is 1. The van der Waals surface area contributed by atoms with E-state index >= 15 is 0 Å². The van der Waals surface area contributed by atoms with E-state index in [-0.39, 0.29) is 11.3 Å². The molecule has 1 heterocycles. The molecule has 3 aromatic rings. The number of aromatic hydroxyl groups is 1. The Morgan fingerprint density at radius 1 is 1.24 bits per heavy atom. The second kappa shape index (κ2) is 7.25. The van der Waals surface area contributed by atoms with Gasteiger partial charge in [0.2, 0.25) is 0 Å². The fourth-order valence-electron chi connectivity index (χ4n) is 2.44. The van der Waals surface area contributed by atoms with Crippen LogP contribution in [0, 0.1) is 0 Å². The minimum atomic E-state index is -0.960. The number of phenolic OH excluding ortho intramolecular Hbond substituents is 1. The van der Waals surface area contributed by atoms with Crippen LogP contribution < -0.4 is 4.80 Å². The lowest BCUT2D eigenvalue weighted by Crippen LogP contribution is -2.14. The van der Waals surface area contributed by atoms with Gasteiger partial charge in [-0.1, -0.05) is 15.9 Å². The molecule has 0 radical (unpaired) electrons. The van der Waals surface area contributed by atoms with E-state index in [1.54, 1.807) is 24.3 Å². The molecule has 0 spiro atoms. The van der Waals surface area contributed by atoms with E-state index in [0.717, 1.165) is 20.5 Å². The summed E-state index contributed by atoms with van der Waals surface area (Å²) in [4.78, 5) is 16.3. The summed E-state index contributed by atoms with van der Waals surface area (Å²) in [6.07, 6.45) is 0. The summed E-state index contributed by atoms with van der Waals surface area (Å²) in [5.74, 6) is -0.751. The molecule has 2 aromatic carbocycles. The zero-order valence-corrected chi connectivity index (χ0v) is 15.7. The van der Waals surface area contributed by atoms with Crippen LogP contribution in [0.4, 0.5) is 5.69 Å². The Morgan fingerprint density at radius 2 is 1.96 bits per heavy atom. The first kappa shape index (κ1) is 17.4. The van der Waals surface area contributed by atoms with Crippen molar-refractivity contribution in [2.24, 2.45) is 4.99 Å². The number of nitrogens with zero attached hydrogens (tertiary/aromatic N) is 2. The minimum absolute atomic E-state index is 0.209. The summed E-state index contributed by atoms with van der Waals surface area (Å²) < 4.78 is 2.90. The van der Waals surface area contributed by atoms with E-state index in [4.69, 9.17) is 5.11 Å². The van der Waals surface area contributed by atoms with Crippen LogP contribution in [0.3, 0.4) is 0 Å². The van der Waals surface area contributed by atoms with Crippen molar-refractivity contribution in [2.75, 3.05) is 0 Å². The molecule has 1 aromatic heterocycles. The van der Waals surface area contributed by atoms with Gasteiger partial charge in [0.1, 0.15) is 5.75 Å². The van der Waals surface area contributed by atoms with Gasteiger partial charge in [0.15, 0.2) is 4.80 Å². The lowest BCUT2D eigenvalue weighted by atomic mass is 10.1. The summed E-state index contributed by atoms with van der Waals surface area (Å²) in [5.41, 5.74) is 2.52. The zero-order chi connectivity index (χ0) is 18.0. The largest absolute Gasteiger partial charge is 0.507 e. The number of hydrogen-bond acceptors (Lipinski definition) is 4. The van der Waals surface area contributed by atoms with Crippen LogP contribution in [0.1, 0.15) is 17.3 Å². The SMILES string of the molecule is CCn1c(-c2cc(Br)ccc2O)cs/c1=N\c1ccc(C(=O)O)cc1. The quantitative estimate of drug-likeness (QED) is 0.647. The highest BCUT2D eigenvalue weighted by Crippen LogP contribution is 2.32. The number of rotatable bonds is 4. The molecule has 7 heteroatoms. The van der Waals surface area contributed by atoms with Crippen LogP contribution in [0.15, 0.2) is 57.3 Å². The highest BCUT2D eigenvalue weighted by Gasteiger charge is 2.11. The topological polar surface area (TPSA) is 74.8 Å². The van der Waals surface area contributed by atoms with Crippen LogP contribution >= 0.6 is 27.3 Å². The number of aromatic nitrogens is 1. The van der Waals surface area contributed by atoms with Crippen molar-refractivity contribution >= 4 is 38.9 Å². The van der Waals surface area contributed by atoms with Gasteiger partial charge in [0, 0.05) is 22.0 Å². The van der Waals surface area contributed by atoms with Crippen molar-refractivity contribution < 1.29 is 15.0 Å². The van der Waals surface area contributed by atoms with Crippen molar-refractivity contribution in [1.82, 2.24) is 4.57 Å². The molecule has 0 unspecified atom stereocenters. The predicted molar refractivity (Wildman–Crippen MR) is 101 cm³/mol. The third-order valence-corrected chi connectivity index (χ3v) is 5.04. The van der Waals surface area contributed by atoms with Crippen LogP contribution in [0.2, 0.25) is 0 Å². The van der Waals surface area contributed by atoms with Gasteiger partial charge < -0.3 is 14.8 Å². The number of hydrogen-bond donors (Lipinski definition) is 2. The molecule has 0 aliphatic carbocycles. The zero-order valence-electron chi connectivity index (χ0n) is 13.3. The van der Waals surface area contributed by atoms with Gasteiger partial charge in [0.05, 0.1) is 16.9 Å². The van der Waals surface area contributed by atoms with Gasteiger partial charge in [-0.2, -0.15) is 0 Å². The summed E-state index contributed by atoms with van der Waals surface area (Å²) in [6.45, 7) is 2.70. The molecule has 0 saturated carbocycles. The van der Waals surface area contributed by atoms with Crippen LogP contribution in [0.25, 0.3) is 11.3 Å². The molecule has 0 aliphatic heterocycles. The average molecular weight is 419 g/mol. The monoisotopic (exact) mass is 418 g/mol. The first-order chi connectivity index (χ1) is 12.0. The Kier molecular flexibility index (Phi) is 5.06. The third-order valence-electron chi connectivity index (χ3n) is 3.69. The second-order valence-corrected chi connectivity index (χ2v) is 7.03. The maximum Gasteiger partial charge on any atom is 0.335 e. The Hall–Kier alpha value is -2.38. The molecule has 0 saturated heterocycles. The van der Waals surface area contributed by atoms with Crippen LogP contribution in [0.5, 0.6) is 5.75 Å². The fraction of sp³-hybridized carbons (Fsp3) is 0.111. The Morgan fingerprint density at radius 3 is 2.60 bits per heavy atom. The number of benzene rings is 2. The Labute approximate surface area is 156 Å². The first-order valence-corrected chi connectivity index (χ1v) is 9.22. The standard InChI is InChI=1S/C18H15BrN2O3S/c1-2-21-15(14-9-12(19)5-8-16(14)22)10-25-18(21)20-13-6-3-11(4-7-13)17(23)24/h3-10,22H,2H2,1H3,(H,23,24)/b20-18-. The smallest absolute Gasteiger partial charge is 0.335 e. The highest BCUT2D eigenvalue weighted by molar-refractivity contribution is 9.10.